The van der Waals surface area contributed by atoms with Gasteiger partial charge in [-0.25, -0.2) is 0 Å². The Morgan fingerprint density at radius 3 is 2.23 bits per heavy atom. The average molecular weight is 315 g/mol. The smallest absolute Gasteiger partial charge is 0.307 e. The van der Waals surface area contributed by atoms with Gasteiger partial charge in [-0.2, -0.15) is 0 Å². The van der Waals surface area contributed by atoms with E-state index in [2.05, 4.69) is 17.6 Å². The van der Waals surface area contributed by atoms with Crippen molar-refractivity contribution in [2.24, 2.45) is 0 Å². The molecule has 0 bridgehead atoms. The van der Waals surface area contributed by atoms with Crippen LogP contribution in [0.4, 0.5) is 0 Å². The summed E-state index contributed by atoms with van der Waals surface area (Å²) in [6.07, 6.45) is 12.1. The lowest BCUT2D eigenvalue weighted by molar-refractivity contribution is -0.148. The molecule has 0 saturated carbocycles. The highest BCUT2D eigenvalue weighted by atomic mass is 16.5. The van der Waals surface area contributed by atoms with Crippen LogP contribution in [0.1, 0.15) is 78.1 Å². The van der Waals surface area contributed by atoms with Crippen LogP contribution in [-0.2, 0) is 9.53 Å². The first-order chi connectivity index (χ1) is 10.7. The van der Waals surface area contributed by atoms with Crippen LogP contribution < -0.4 is 10.6 Å². The quantitative estimate of drug-likeness (QED) is 0.337. The van der Waals surface area contributed by atoms with Crippen LogP contribution in [0.2, 0.25) is 0 Å². The Kier molecular flexibility index (Phi) is 16.3. The summed E-state index contributed by atoms with van der Waals surface area (Å²) in [7, 11) is 1.92. The van der Waals surface area contributed by atoms with Crippen molar-refractivity contribution in [3.05, 3.63) is 0 Å². The fourth-order valence-electron chi connectivity index (χ4n) is 2.44. The SMILES string of the molecule is CCCCCCCCCCC(C)OC(=O)CCNCCNC. The standard InChI is InChI=1S/C18H38N2O2/c1-4-5-6-7-8-9-10-11-12-17(2)22-18(21)13-14-20-16-15-19-3/h17,19-20H,4-16H2,1-3H3. The molecule has 132 valence electrons. The normalized spacial score (nSPS) is 12.3. The predicted octanol–water partition coefficient (Wildman–Crippen LogP) is 3.65. The van der Waals surface area contributed by atoms with Crippen LogP contribution in [0.3, 0.4) is 0 Å². The maximum atomic E-state index is 11.6. The van der Waals surface area contributed by atoms with Crippen LogP contribution in [-0.4, -0.2) is 38.8 Å². The fraction of sp³-hybridized carbons (Fsp3) is 0.944. The van der Waals surface area contributed by atoms with Gasteiger partial charge in [-0.15, -0.1) is 0 Å². The summed E-state index contributed by atoms with van der Waals surface area (Å²) < 4.78 is 5.42. The second-order valence-electron chi connectivity index (χ2n) is 6.17. The number of hydrogen-bond acceptors (Lipinski definition) is 4. The summed E-state index contributed by atoms with van der Waals surface area (Å²) in [5.41, 5.74) is 0. The molecule has 0 aromatic heterocycles. The maximum absolute atomic E-state index is 11.6. The highest BCUT2D eigenvalue weighted by Crippen LogP contribution is 2.12. The maximum Gasteiger partial charge on any atom is 0.307 e. The Labute approximate surface area is 137 Å². The number of carbonyl (C=O) groups is 1. The zero-order valence-electron chi connectivity index (χ0n) is 15.1. The van der Waals surface area contributed by atoms with Crippen molar-refractivity contribution in [2.75, 3.05) is 26.7 Å². The monoisotopic (exact) mass is 314 g/mol. The largest absolute Gasteiger partial charge is 0.463 e. The third kappa shape index (κ3) is 15.8. The molecule has 0 fully saturated rings. The van der Waals surface area contributed by atoms with Crippen molar-refractivity contribution >= 4 is 5.97 Å². The molecular weight excluding hydrogens is 276 g/mol. The van der Waals surface area contributed by atoms with Gasteiger partial charge in [-0.1, -0.05) is 51.9 Å². The van der Waals surface area contributed by atoms with Gasteiger partial charge in [0.15, 0.2) is 0 Å². The van der Waals surface area contributed by atoms with Crippen molar-refractivity contribution in [2.45, 2.75) is 84.2 Å². The summed E-state index contributed by atoms with van der Waals surface area (Å²) in [6.45, 7) is 6.77. The van der Waals surface area contributed by atoms with Crippen molar-refractivity contribution < 1.29 is 9.53 Å². The minimum Gasteiger partial charge on any atom is -0.463 e. The summed E-state index contributed by atoms with van der Waals surface area (Å²) >= 11 is 0. The van der Waals surface area contributed by atoms with Crippen LogP contribution in [0.25, 0.3) is 0 Å². The number of carbonyl (C=O) groups excluding carboxylic acids is 1. The molecule has 0 heterocycles. The van der Waals surface area contributed by atoms with Gasteiger partial charge in [-0.05, 0) is 26.8 Å². The Hall–Kier alpha value is -0.610. The van der Waals surface area contributed by atoms with Crippen LogP contribution >= 0.6 is 0 Å². The van der Waals surface area contributed by atoms with Gasteiger partial charge in [-0.3, -0.25) is 4.79 Å². The van der Waals surface area contributed by atoms with Crippen LogP contribution in [0, 0.1) is 0 Å². The van der Waals surface area contributed by atoms with E-state index >= 15 is 0 Å². The second kappa shape index (κ2) is 16.8. The lowest BCUT2D eigenvalue weighted by Gasteiger charge is -2.13. The molecule has 0 aliphatic carbocycles. The third-order valence-electron chi connectivity index (χ3n) is 3.85. The summed E-state index contributed by atoms with van der Waals surface area (Å²) in [6, 6.07) is 0. The number of rotatable bonds is 16. The Morgan fingerprint density at radius 2 is 1.59 bits per heavy atom. The van der Waals surface area contributed by atoms with Crippen molar-refractivity contribution in [3.8, 4) is 0 Å². The Morgan fingerprint density at radius 1 is 0.955 bits per heavy atom. The number of esters is 1. The van der Waals surface area contributed by atoms with Gasteiger partial charge in [0.2, 0.25) is 0 Å². The lowest BCUT2D eigenvalue weighted by atomic mass is 10.1. The average Bonchev–Trinajstić information content (AvgIpc) is 2.49. The van der Waals surface area contributed by atoms with Gasteiger partial charge in [0, 0.05) is 19.6 Å². The molecule has 0 aliphatic heterocycles. The molecule has 1 atom stereocenters. The molecule has 0 aromatic carbocycles. The molecule has 0 saturated heterocycles. The van der Waals surface area contributed by atoms with Crippen molar-refractivity contribution in [1.29, 1.82) is 0 Å². The van der Waals surface area contributed by atoms with E-state index in [9.17, 15) is 4.79 Å². The molecule has 1 unspecified atom stereocenters. The van der Waals surface area contributed by atoms with Gasteiger partial charge in [0.05, 0.1) is 12.5 Å². The number of unbranched alkanes of at least 4 members (excludes halogenated alkanes) is 7. The molecule has 4 nitrogen and oxygen atoms in total. The number of ether oxygens (including phenoxy) is 1. The molecule has 0 radical (unpaired) electrons. The number of hydrogen-bond donors (Lipinski definition) is 2. The predicted molar refractivity (Wildman–Crippen MR) is 94.2 cm³/mol. The molecule has 22 heavy (non-hydrogen) atoms. The molecule has 4 heteroatoms. The summed E-state index contributed by atoms with van der Waals surface area (Å²) in [4.78, 5) is 11.6. The highest BCUT2D eigenvalue weighted by Gasteiger charge is 2.08. The Balaban J connectivity index is 3.33. The number of likely N-dealkylation sites (N-methyl/N-ethyl adjacent to an activating group) is 1. The minimum absolute atomic E-state index is 0.0601. The second-order valence-corrected chi connectivity index (χ2v) is 6.17. The van der Waals surface area contributed by atoms with E-state index in [0.29, 0.717) is 13.0 Å². The van der Waals surface area contributed by atoms with E-state index in [1.54, 1.807) is 0 Å². The van der Waals surface area contributed by atoms with Crippen LogP contribution in [0.15, 0.2) is 0 Å². The Bertz CT molecular complexity index is 247. The van der Waals surface area contributed by atoms with Gasteiger partial charge < -0.3 is 15.4 Å². The number of nitrogens with one attached hydrogen (secondary N) is 2. The fourth-order valence-corrected chi connectivity index (χ4v) is 2.44. The lowest BCUT2D eigenvalue weighted by Crippen LogP contribution is -2.27. The van der Waals surface area contributed by atoms with E-state index in [1.165, 1.54) is 51.4 Å². The molecule has 2 N–H and O–H groups in total. The van der Waals surface area contributed by atoms with E-state index < -0.39 is 0 Å². The van der Waals surface area contributed by atoms with Gasteiger partial charge >= 0.3 is 5.97 Å². The van der Waals surface area contributed by atoms with Gasteiger partial charge in [0.1, 0.15) is 0 Å². The third-order valence-corrected chi connectivity index (χ3v) is 3.85. The van der Waals surface area contributed by atoms with Crippen LogP contribution in [0.5, 0.6) is 0 Å². The summed E-state index contributed by atoms with van der Waals surface area (Å²) in [5.74, 6) is -0.0796. The van der Waals surface area contributed by atoms with E-state index in [4.69, 9.17) is 4.74 Å². The highest BCUT2D eigenvalue weighted by molar-refractivity contribution is 5.69. The topological polar surface area (TPSA) is 50.4 Å². The zero-order chi connectivity index (χ0) is 16.5. The molecular formula is C18H38N2O2. The molecule has 0 amide bonds. The molecule has 0 spiro atoms. The minimum atomic E-state index is -0.0796. The van der Waals surface area contributed by atoms with E-state index in [1.807, 2.05) is 14.0 Å². The van der Waals surface area contributed by atoms with Crippen molar-refractivity contribution in [3.63, 3.8) is 0 Å². The van der Waals surface area contributed by atoms with E-state index in [-0.39, 0.29) is 12.1 Å². The first-order valence-corrected chi connectivity index (χ1v) is 9.25. The molecule has 0 aromatic rings. The molecule has 0 rings (SSSR count). The van der Waals surface area contributed by atoms with E-state index in [0.717, 1.165) is 19.5 Å². The zero-order valence-corrected chi connectivity index (χ0v) is 15.1. The first kappa shape index (κ1) is 21.4. The first-order valence-electron chi connectivity index (χ1n) is 9.25. The van der Waals surface area contributed by atoms with Gasteiger partial charge in [0.25, 0.3) is 0 Å². The molecule has 0 aliphatic rings. The van der Waals surface area contributed by atoms with Crippen molar-refractivity contribution in [1.82, 2.24) is 10.6 Å². The summed E-state index contributed by atoms with van der Waals surface area (Å²) in [5, 5.41) is 6.26.